The van der Waals surface area contributed by atoms with Crippen molar-refractivity contribution in [3.05, 3.63) is 0 Å². The van der Waals surface area contributed by atoms with Gasteiger partial charge in [-0.15, -0.1) is 0 Å². The van der Waals surface area contributed by atoms with Crippen LogP contribution in [0.4, 0.5) is 4.79 Å². The summed E-state index contributed by atoms with van der Waals surface area (Å²) < 4.78 is 5.01. The average Bonchev–Trinajstić information content (AvgIpc) is 2.21. The number of nitrogens with one attached hydrogen (secondary N) is 2. The third-order valence-electron chi connectivity index (χ3n) is 2.36. The average molecular weight is 288 g/mol. The normalized spacial score (nSPS) is 14.3. The van der Waals surface area contributed by atoms with Gasteiger partial charge in [0.25, 0.3) is 0 Å². The highest BCUT2D eigenvalue weighted by atomic mass is 16.6. The van der Waals surface area contributed by atoms with Gasteiger partial charge in [-0.3, -0.25) is 4.79 Å². The molecule has 0 aromatic rings. The second-order valence-electron chi connectivity index (χ2n) is 5.94. The first kappa shape index (κ1) is 18.2. The van der Waals surface area contributed by atoms with Gasteiger partial charge in [-0.25, -0.2) is 9.59 Å². The van der Waals surface area contributed by atoms with E-state index >= 15 is 0 Å². The maximum absolute atomic E-state index is 11.8. The second-order valence-corrected chi connectivity index (χ2v) is 5.94. The van der Waals surface area contributed by atoms with E-state index in [1.54, 1.807) is 34.6 Å². The van der Waals surface area contributed by atoms with Gasteiger partial charge >= 0.3 is 12.1 Å². The van der Waals surface area contributed by atoms with E-state index < -0.39 is 35.7 Å². The molecule has 3 N–H and O–H groups in total. The van der Waals surface area contributed by atoms with Crippen LogP contribution in [0.5, 0.6) is 0 Å². The summed E-state index contributed by atoms with van der Waals surface area (Å²) in [5.41, 5.74) is -0.665. The SMILES string of the molecule is CC(C)[C@@H](NC(=O)[C@@H](C)NC(=O)OC(C)(C)C)C(=O)O. The van der Waals surface area contributed by atoms with Gasteiger partial charge in [0.15, 0.2) is 0 Å². The van der Waals surface area contributed by atoms with Crippen molar-refractivity contribution in [2.24, 2.45) is 5.92 Å². The van der Waals surface area contributed by atoms with Crippen molar-refractivity contribution in [1.29, 1.82) is 0 Å². The van der Waals surface area contributed by atoms with Crippen LogP contribution in [0.1, 0.15) is 41.5 Å². The molecule has 0 aliphatic rings. The number of hydrogen-bond acceptors (Lipinski definition) is 4. The Hall–Kier alpha value is -1.79. The number of aliphatic carboxylic acids is 1. The number of carboxylic acid groups (broad SMARTS) is 1. The van der Waals surface area contributed by atoms with Crippen molar-refractivity contribution in [1.82, 2.24) is 10.6 Å². The molecule has 0 aliphatic carbocycles. The van der Waals surface area contributed by atoms with Crippen LogP contribution in [-0.4, -0.2) is 40.8 Å². The molecule has 20 heavy (non-hydrogen) atoms. The van der Waals surface area contributed by atoms with Gasteiger partial charge in [0.1, 0.15) is 17.7 Å². The Labute approximate surface area is 119 Å². The molecule has 0 unspecified atom stereocenters. The van der Waals surface area contributed by atoms with E-state index in [4.69, 9.17) is 9.84 Å². The number of carbonyl (C=O) groups excluding carboxylic acids is 2. The summed E-state index contributed by atoms with van der Waals surface area (Å²) in [5, 5.41) is 13.7. The summed E-state index contributed by atoms with van der Waals surface area (Å²) in [6.45, 7) is 9.94. The predicted molar refractivity (Wildman–Crippen MR) is 73.2 cm³/mol. The molecule has 7 nitrogen and oxygen atoms in total. The van der Waals surface area contributed by atoms with E-state index in [1.165, 1.54) is 6.92 Å². The van der Waals surface area contributed by atoms with Gasteiger partial charge < -0.3 is 20.5 Å². The van der Waals surface area contributed by atoms with E-state index in [9.17, 15) is 14.4 Å². The Morgan fingerprint density at radius 3 is 1.90 bits per heavy atom. The molecular weight excluding hydrogens is 264 g/mol. The maximum Gasteiger partial charge on any atom is 0.408 e. The van der Waals surface area contributed by atoms with Gasteiger partial charge in [-0.2, -0.15) is 0 Å². The first-order chi connectivity index (χ1) is 8.94. The molecule has 0 bridgehead atoms. The van der Waals surface area contributed by atoms with Crippen molar-refractivity contribution in [2.75, 3.05) is 0 Å². The van der Waals surface area contributed by atoms with Gasteiger partial charge in [0.05, 0.1) is 0 Å². The van der Waals surface area contributed by atoms with Crippen LogP contribution in [0.3, 0.4) is 0 Å². The summed E-state index contributed by atoms with van der Waals surface area (Å²) in [6.07, 6.45) is -0.725. The maximum atomic E-state index is 11.8. The standard InChI is InChI=1S/C13H24N2O5/c1-7(2)9(11(17)18)15-10(16)8(3)14-12(19)20-13(4,5)6/h7-9H,1-6H3,(H,14,19)(H,15,16)(H,17,18)/t8-,9-/m1/s1. The fraction of sp³-hybridized carbons (Fsp3) is 0.769. The lowest BCUT2D eigenvalue weighted by atomic mass is 10.0. The highest BCUT2D eigenvalue weighted by Crippen LogP contribution is 2.07. The molecule has 7 heteroatoms. The molecule has 0 heterocycles. The summed E-state index contributed by atoms with van der Waals surface area (Å²) in [4.78, 5) is 34.3. The minimum atomic E-state index is -1.11. The number of alkyl carbamates (subject to hydrolysis) is 1. The highest BCUT2D eigenvalue weighted by Gasteiger charge is 2.27. The van der Waals surface area contributed by atoms with Crippen molar-refractivity contribution in [3.8, 4) is 0 Å². The van der Waals surface area contributed by atoms with Gasteiger partial charge in [0, 0.05) is 0 Å². The van der Waals surface area contributed by atoms with E-state index in [0.29, 0.717) is 0 Å². The minimum absolute atomic E-state index is 0.259. The second kappa shape index (κ2) is 7.12. The molecule has 2 atom stereocenters. The first-order valence-corrected chi connectivity index (χ1v) is 6.46. The number of rotatable bonds is 5. The Balaban J connectivity index is 4.48. The van der Waals surface area contributed by atoms with E-state index in [2.05, 4.69) is 10.6 Å². The zero-order valence-corrected chi connectivity index (χ0v) is 12.8. The molecular formula is C13H24N2O5. The molecule has 0 rings (SSSR count). The van der Waals surface area contributed by atoms with Crippen molar-refractivity contribution >= 4 is 18.0 Å². The van der Waals surface area contributed by atoms with E-state index in [-0.39, 0.29) is 5.92 Å². The largest absolute Gasteiger partial charge is 0.480 e. The molecule has 0 aromatic carbocycles. The topological polar surface area (TPSA) is 105 Å². The Bertz CT molecular complexity index is 373. The summed E-state index contributed by atoms with van der Waals surface area (Å²) in [7, 11) is 0. The van der Waals surface area contributed by atoms with Crippen LogP contribution in [0.2, 0.25) is 0 Å². The van der Waals surface area contributed by atoms with Crippen molar-refractivity contribution in [3.63, 3.8) is 0 Å². The van der Waals surface area contributed by atoms with Crippen molar-refractivity contribution < 1.29 is 24.2 Å². The van der Waals surface area contributed by atoms with Crippen LogP contribution >= 0.6 is 0 Å². The van der Waals surface area contributed by atoms with Crippen molar-refractivity contribution in [2.45, 2.75) is 59.2 Å². The van der Waals surface area contributed by atoms with Crippen LogP contribution in [0, 0.1) is 5.92 Å². The molecule has 0 aromatic heterocycles. The Kier molecular flexibility index (Phi) is 6.48. The van der Waals surface area contributed by atoms with Crippen LogP contribution in [0.25, 0.3) is 0 Å². The molecule has 0 saturated carbocycles. The lowest BCUT2D eigenvalue weighted by Gasteiger charge is -2.23. The highest BCUT2D eigenvalue weighted by molar-refractivity contribution is 5.89. The Morgan fingerprint density at radius 2 is 1.55 bits per heavy atom. The molecule has 2 amide bonds. The zero-order chi connectivity index (χ0) is 16.1. The summed E-state index contributed by atoms with van der Waals surface area (Å²) >= 11 is 0. The number of hydrogen-bond donors (Lipinski definition) is 3. The Morgan fingerprint density at radius 1 is 1.05 bits per heavy atom. The third-order valence-corrected chi connectivity index (χ3v) is 2.36. The quantitative estimate of drug-likeness (QED) is 0.703. The molecule has 0 aliphatic heterocycles. The third kappa shape index (κ3) is 6.96. The predicted octanol–water partition coefficient (Wildman–Crippen LogP) is 1.12. The lowest BCUT2D eigenvalue weighted by molar-refractivity contribution is -0.143. The smallest absolute Gasteiger partial charge is 0.408 e. The monoisotopic (exact) mass is 288 g/mol. The number of ether oxygens (including phenoxy) is 1. The molecule has 0 saturated heterocycles. The summed E-state index contributed by atoms with van der Waals surface area (Å²) in [6, 6.07) is -1.88. The van der Waals surface area contributed by atoms with E-state index in [1.807, 2.05) is 0 Å². The molecule has 0 radical (unpaired) electrons. The minimum Gasteiger partial charge on any atom is -0.480 e. The molecule has 116 valence electrons. The fourth-order valence-corrected chi connectivity index (χ4v) is 1.34. The molecule has 0 fully saturated rings. The van der Waals surface area contributed by atoms with Gasteiger partial charge in [0.2, 0.25) is 5.91 Å². The fourth-order valence-electron chi connectivity index (χ4n) is 1.34. The van der Waals surface area contributed by atoms with Crippen LogP contribution in [-0.2, 0) is 14.3 Å². The summed E-state index contributed by atoms with van der Waals surface area (Å²) in [5.74, 6) is -1.94. The number of carboxylic acids is 1. The number of amides is 2. The lowest BCUT2D eigenvalue weighted by Crippen LogP contribution is -2.52. The van der Waals surface area contributed by atoms with E-state index in [0.717, 1.165) is 0 Å². The van der Waals surface area contributed by atoms with Gasteiger partial charge in [-0.1, -0.05) is 13.8 Å². The van der Waals surface area contributed by atoms with Crippen LogP contribution < -0.4 is 10.6 Å². The van der Waals surface area contributed by atoms with Gasteiger partial charge in [-0.05, 0) is 33.6 Å². The first-order valence-electron chi connectivity index (χ1n) is 6.46. The zero-order valence-electron chi connectivity index (χ0n) is 12.8. The molecule has 0 spiro atoms. The van der Waals surface area contributed by atoms with Crippen LogP contribution in [0.15, 0.2) is 0 Å². The number of carbonyl (C=O) groups is 3.